The van der Waals surface area contributed by atoms with Crippen molar-refractivity contribution in [3.05, 3.63) is 51.4 Å². The second-order valence-electron chi connectivity index (χ2n) is 5.03. The number of carbonyl (C=O) groups excluding carboxylic acids is 1. The van der Waals surface area contributed by atoms with Crippen LogP contribution in [0, 0.1) is 0 Å². The van der Waals surface area contributed by atoms with E-state index in [1.54, 1.807) is 37.3 Å². The smallest absolute Gasteiger partial charge is 0.280 e. The van der Waals surface area contributed by atoms with Gasteiger partial charge in [-0.05, 0) is 12.5 Å². The number of hydrazone groups is 1. The molecule has 0 aliphatic rings. The third-order valence-electron chi connectivity index (χ3n) is 3.42. The molecule has 0 aliphatic carbocycles. The maximum absolute atomic E-state index is 12.5. The molecule has 0 radical (unpaired) electrons. The zero-order chi connectivity index (χ0) is 18.6. The van der Waals surface area contributed by atoms with Gasteiger partial charge < -0.3 is 5.84 Å². The van der Waals surface area contributed by atoms with Gasteiger partial charge in [0, 0.05) is 13.6 Å². The van der Waals surface area contributed by atoms with Gasteiger partial charge >= 0.3 is 0 Å². The Bertz CT molecular complexity index is 864. The lowest BCUT2D eigenvalue weighted by Gasteiger charge is -2.18. The number of halogens is 1. The van der Waals surface area contributed by atoms with Crippen LogP contribution in [0.5, 0.6) is 0 Å². The Hall–Kier alpha value is -2.91. The Morgan fingerprint density at radius 1 is 1.40 bits per heavy atom. The summed E-state index contributed by atoms with van der Waals surface area (Å²) in [6.07, 6.45) is 0. The lowest BCUT2D eigenvalue weighted by atomic mass is 10.1. The third-order valence-corrected chi connectivity index (χ3v) is 3.79. The number of rotatable bonds is 3. The number of nitrogens with two attached hydrogens (primary N) is 2. The molecule has 1 heterocycles. The van der Waals surface area contributed by atoms with Crippen LogP contribution in [-0.4, -0.2) is 33.2 Å². The Kier molecular flexibility index (Phi) is 5.73. The maximum atomic E-state index is 12.5. The van der Waals surface area contributed by atoms with Crippen LogP contribution in [0.3, 0.4) is 0 Å². The van der Waals surface area contributed by atoms with Gasteiger partial charge in [0.05, 0.1) is 10.6 Å². The molecule has 2 rings (SSSR count). The Morgan fingerprint density at radius 2 is 2.04 bits per heavy atom. The number of hydrogen-bond donors (Lipinski definition) is 3. The number of nitrogens with zero attached hydrogens (tertiary/aromatic N) is 4. The van der Waals surface area contributed by atoms with Crippen molar-refractivity contribution in [2.45, 2.75) is 6.92 Å². The van der Waals surface area contributed by atoms with Crippen molar-refractivity contribution in [2.75, 3.05) is 6.54 Å². The van der Waals surface area contributed by atoms with Gasteiger partial charge in [0.25, 0.3) is 11.5 Å². The molecule has 0 fully saturated rings. The molecule has 0 aliphatic heterocycles. The summed E-state index contributed by atoms with van der Waals surface area (Å²) >= 11 is 6.30. The molecule has 1 amide bonds. The van der Waals surface area contributed by atoms with Crippen molar-refractivity contribution in [3.8, 4) is 11.1 Å². The molecule has 5 N–H and O–H groups in total. The van der Waals surface area contributed by atoms with Crippen molar-refractivity contribution < 1.29 is 4.79 Å². The van der Waals surface area contributed by atoms with E-state index in [1.807, 2.05) is 0 Å². The normalized spacial score (nSPS) is 11.3. The van der Waals surface area contributed by atoms with Gasteiger partial charge in [-0.1, -0.05) is 41.9 Å². The fourth-order valence-electron chi connectivity index (χ4n) is 2.10. The lowest BCUT2D eigenvalue weighted by molar-refractivity contribution is 0.0965. The van der Waals surface area contributed by atoms with Crippen LogP contribution in [-0.2, 0) is 7.05 Å². The van der Waals surface area contributed by atoms with Crippen LogP contribution < -0.4 is 22.6 Å². The van der Waals surface area contributed by atoms with Gasteiger partial charge in [-0.15, -0.1) is 5.10 Å². The fraction of sp³-hybridized carbons (Fsp3) is 0.200. The molecule has 1 aromatic carbocycles. The quantitative estimate of drug-likeness (QED) is 0.310. The molecular weight excluding hydrogens is 346 g/mol. The van der Waals surface area contributed by atoms with Gasteiger partial charge in [-0.3, -0.25) is 19.9 Å². The van der Waals surface area contributed by atoms with Gasteiger partial charge in [0.1, 0.15) is 0 Å². The van der Waals surface area contributed by atoms with Crippen LogP contribution in [0.4, 0.5) is 0 Å². The number of amides is 1. The first-order valence-electron chi connectivity index (χ1n) is 7.34. The summed E-state index contributed by atoms with van der Waals surface area (Å²) in [5, 5.41) is 10.9. The number of benzene rings is 1. The summed E-state index contributed by atoms with van der Waals surface area (Å²) in [6, 6.07) is 8.77. The standard InChI is InChI=1S/C15H18ClN7O2/c1-3-23(18)15(20-17)19-13(24)12-11(16)10(14(25)22(2)21-12)9-7-5-4-6-8-9/h4-8H,3,17-18H2,1-2H3,(H,19,20,24). The molecule has 9 nitrogen and oxygen atoms in total. The summed E-state index contributed by atoms with van der Waals surface area (Å²) in [6.45, 7) is 2.11. The minimum atomic E-state index is -0.689. The highest BCUT2D eigenvalue weighted by molar-refractivity contribution is 6.36. The topological polar surface area (TPSA) is 132 Å². The molecule has 0 spiro atoms. The van der Waals surface area contributed by atoms with Crippen LogP contribution in [0.2, 0.25) is 5.02 Å². The molecule has 10 heteroatoms. The monoisotopic (exact) mass is 363 g/mol. The van der Waals surface area contributed by atoms with Crippen LogP contribution in [0.15, 0.2) is 40.2 Å². The van der Waals surface area contributed by atoms with Gasteiger partial charge in [-0.2, -0.15) is 5.10 Å². The summed E-state index contributed by atoms with van der Waals surface area (Å²) in [5.74, 6) is 10.2. The Balaban J connectivity index is 2.51. The number of aryl methyl sites for hydroxylation is 1. The predicted molar refractivity (Wildman–Crippen MR) is 95.6 cm³/mol. The van der Waals surface area contributed by atoms with E-state index in [-0.39, 0.29) is 22.2 Å². The molecule has 0 saturated heterocycles. The van der Waals surface area contributed by atoms with Crippen LogP contribution in [0.25, 0.3) is 11.1 Å². The molecular formula is C15H18ClN7O2. The molecule has 2 aromatic rings. The molecule has 0 atom stereocenters. The Labute approximate surface area is 148 Å². The van der Waals surface area contributed by atoms with Crippen molar-refractivity contribution in [1.29, 1.82) is 0 Å². The van der Waals surface area contributed by atoms with E-state index in [9.17, 15) is 9.59 Å². The van der Waals surface area contributed by atoms with Crippen LogP contribution in [0.1, 0.15) is 17.4 Å². The largest absolute Gasteiger partial charge is 0.320 e. The number of carbonyl (C=O) groups is 1. The second-order valence-corrected chi connectivity index (χ2v) is 5.40. The van der Waals surface area contributed by atoms with Crippen LogP contribution >= 0.6 is 11.6 Å². The Morgan fingerprint density at radius 3 is 2.60 bits per heavy atom. The maximum Gasteiger partial charge on any atom is 0.280 e. The average molecular weight is 364 g/mol. The first-order chi connectivity index (χ1) is 11.9. The zero-order valence-electron chi connectivity index (χ0n) is 13.7. The number of hydrogen-bond acceptors (Lipinski definition) is 6. The predicted octanol–water partition coefficient (Wildman–Crippen LogP) is 0.256. The molecule has 0 bridgehead atoms. The molecule has 0 saturated carbocycles. The van der Waals surface area contributed by atoms with Crippen molar-refractivity contribution in [3.63, 3.8) is 0 Å². The molecule has 132 valence electrons. The first kappa shape index (κ1) is 18.4. The van der Waals surface area contributed by atoms with E-state index < -0.39 is 11.5 Å². The first-order valence-corrected chi connectivity index (χ1v) is 7.72. The second kappa shape index (κ2) is 7.77. The van der Waals surface area contributed by atoms with E-state index >= 15 is 0 Å². The van der Waals surface area contributed by atoms with E-state index in [2.05, 4.69) is 15.5 Å². The van der Waals surface area contributed by atoms with Crippen molar-refractivity contribution >= 4 is 23.5 Å². The average Bonchev–Trinajstić information content (AvgIpc) is 2.62. The van der Waals surface area contributed by atoms with E-state index in [0.29, 0.717) is 12.1 Å². The highest BCUT2D eigenvalue weighted by atomic mass is 35.5. The van der Waals surface area contributed by atoms with E-state index in [1.165, 1.54) is 7.05 Å². The minimum Gasteiger partial charge on any atom is -0.320 e. The van der Waals surface area contributed by atoms with Gasteiger partial charge in [-0.25, -0.2) is 10.5 Å². The van der Waals surface area contributed by atoms with Crippen molar-refractivity contribution in [2.24, 2.45) is 23.8 Å². The minimum absolute atomic E-state index is 0.0551. The SMILES string of the molecule is CCN(N)/C(=N\N)NC(=O)c1nn(C)c(=O)c(-c2ccccc2)c1Cl. The summed E-state index contributed by atoms with van der Waals surface area (Å²) in [5.41, 5.74) is 0.185. The van der Waals surface area contributed by atoms with Gasteiger partial charge in [0.2, 0.25) is 5.96 Å². The van der Waals surface area contributed by atoms with Crippen molar-refractivity contribution in [1.82, 2.24) is 20.1 Å². The summed E-state index contributed by atoms with van der Waals surface area (Å²) in [7, 11) is 1.43. The highest BCUT2D eigenvalue weighted by Gasteiger charge is 2.22. The van der Waals surface area contributed by atoms with E-state index in [4.69, 9.17) is 23.3 Å². The molecule has 0 unspecified atom stereocenters. The number of nitrogens with one attached hydrogen (secondary N) is 1. The third kappa shape index (κ3) is 3.78. The number of hydrazine groups is 1. The summed E-state index contributed by atoms with van der Waals surface area (Å²) in [4.78, 5) is 24.9. The number of guanidine groups is 1. The van der Waals surface area contributed by atoms with Gasteiger partial charge in [0.15, 0.2) is 5.69 Å². The lowest BCUT2D eigenvalue weighted by Crippen LogP contribution is -2.48. The summed E-state index contributed by atoms with van der Waals surface area (Å²) < 4.78 is 1.04. The van der Waals surface area contributed by atoms with E-state index in [0.717, 1.165) is 9.69 Å². The highest BCUT2D eigenvalue weighted by Crippen LogP contribution is 2.26. The fourth-order valence-corrected chi connectivity index (χ4v) is 2.42. The zero-order valence-corrected chi connectivity index (χ0v) is 14.5. The number of aromatic nitrogens is 2. The molecule has 25 heavy (non-hydrogen) atoms. The molecule has 1 aromatic heterocycles.